The van der Waals surface area contributed by atoms with Gasteiger partial charge in [0.05, 0.1) is 12.3 Å². The van der Waals surface area contributed by atoms with Crippen LogP contribution in [0.2, 0.25) is 0 Å². The van der Waals surface area contributed by atoms with Crippen LogP contribution in [-0.2, 0) is 6.54 Å². The van der Waals surface area contributed by atoms with Crippen molar-refractivity contribution in [3.63, 3.8) is 0 Å². The Bertz CT molecular complexity index is 283. The van der Waals surface area contributed by atoms with E-state index < -0.39 is 0 Å². The Morgan fingerprint density at radius 2 is 2.43 bits per heavy atom. The first kappa shape index (κ1) is 9.56. The molecule has 0 aromatic carbocycles. The molecule has 0 radical (unpaired) electrons. The molecular weight excluding hydrogens is 176 g/mol. The maximum atomic E-state index is 5.62. The second-order valence-corrected chi connectivity index (χ2v) is 4.00. The second kappa shape index (κ2) is 4.03. The maximum Gasteiger partial charge on any atom is 0.211 e. The minimum Gasteiger partial charge on any atom is -0.478 e. The summed E-state index contributed by atoms with van der Waals surface area (Å²) >= 11 is 0. The fraction of sp³-hybridized carbons (Fsp3) is 0.727. The highest BCUT2D eigenvalue weighted by atomic mass is 16.5. The summed E-state index contributed by atoms with van der Waals surface area (Å²) in [4.78, 5) is 0. The highest BCUT2D eigenvalue weighted by molar-refractivity contribution is 5.19. The Morgan fingerprint density at radius 1 is 1.57 bits per heavy atom. The Morgan fingerprint density at radius 3 is 3.21 bits per heavy atom. The van der Waals surface area contributed by atoms with Crippen molar-refractivity contribution in [1.29, 1.82) is 0 Å². The largest absolute Gasteiger partial charge is 0.478 e. The first-order valence-corrected chi connectivity index (χ1v) is 5.51. The van der Waals surface area contributed by atoms with E-state index in [1.165, 1.54) is 12.1 Å². The van der Waals surface area contributed by atoms with Crippen LogP contribution in [-0.4, -0.2) is 16.4 Å². The lowest BCUT2D eigenvalue weighted by atomic mass is 10.1. The Hall–Kier alpha value is -0.990. The van der Waals surface area contributed by atoms with Crippen LogP contribution in [0.3, 0.4) is 0 Å². The van der Waals surface area contributed by atoms with Gasteiger partial charge in [-0.2, -0.15) is 5.10 Å². The molecule has 0 aliphatic carbocycles. The van der Waals surface area contributed by atoms with Gasteiger partial charge in [0, 0.05) is 18.5 Å². The van der Waals surface area contributed by atoms with E-state index >= 15 is 0 Å². The van der Waals surface area contributed by atoms with Crippen molar-refractivity contribution in [3.8, 4) is 5.88 Å². The number of ether oxygens (including phenoxy) is 1. The molecule has 0 bridgehead atoms. The minimum atomic E-state index is 0.540. The summed E-state index contributed by atoms with van der Waals surface area (Å²) in [7, 11) is 0. The summed E-state index contributed by atoms with van der Waals surface area (Å²) in [6.45, 7) is 6.25. The zero-order chi connectivity index (χ0) is 9.97. The molecule has 1 aromatic heterocycles. The van der Waals surface area contributed by atoms with Crippen LogP contribution in [0.5, 0.6) is 5.88 Å². The molecule has 78 valence electrons. The molecule has 1 aliphatic heterocycles. The Labute approximate surface area is 85.1 Å². The number of aryl methyl sites for hydroxylation is 1. The fourth-order valence-corrected chi connectivity index (χ4v) is 1.69. The smallest absolute Gasteiger partial charge is 0.211 e. The number of hydrogen-bond donors (Lipinski definition) is 0. The van der Waals surface area contributed by atoms with Crippen molar-refractivity contribution < 1.29 is 4.74 Å². The lowest BCUT2D eigenvalue weighted by Crippen LogP contribution is -2.01. The first-order chi connectivity index (χ1) is 6.81. The number of aromatic nitrogens is 2. The number of rotatable bonds is 2. The lowest BCUT2D eigenvalue weighted by Gasteiger charge is -2.02. The molecule has 1 aliphatic rings. The molecule has 1 atom stereocenters. The Kier molecular flexibility index (Phi) is 2.75. The normalized spacial score (nSPS) is 18.1. The van der Waals surface area contributed by atoms with Crippen molar-refractivity contribution in [3.05, 3.63) is 11.8 Å². The van der Waals surface area contributed by atoms with Gasteiger partial charge >= 0.3 is 0 Å². The van der Waals surface area contributed by atoms with E-state index in [1.54, 1.807) is 0 Å². The summed E-state index contributed by atoms with van der Waals surface area (Å²) in [5, 5.41) is 4.57. The monoisotopic (exact) mass is 194 g/mol. The SMILES string of the molecule is CCC(C)c1cc2n(n1)CCCCO2. The van der Waals surface area contributed by atoms with Gasteiger partial charge in [0.15, 0.2) is 0 Å². The fourth-order valence-electron chi connectivity index (χ4n) is 1.69. The van der Waals surface area contributed by atoms with Crippen LogP contribution in [0.15, 0.2) is 6.07 Å². The van der Waals surface area contributed by atoms with E-state index in [0.29, 0.717) is 5.92 Å². The van der Waals surface area contributed by atoms with Crippen molar-refractivity contribution in [2.75, 3.05) is 6.61 Å². The molecule has 3 nitrogen and oxygen atoms in total. The average molecular weight is 194 g/mol. The highest BCUT2D eigenvalue weighted by Crippen LogP contribution is 2.24. The minimum absolute atomic E-state index is 0.540. The molecule has 2 rings (SSSR count). The van der Waals surface area contributed by atoms with E-state index in [2.05, 4.69) is 25.0 Å². The van der Waals surface area contributed by atoms with Crippen LogP contribution in [0.25, 0.3) is 0 Å². The zero-order valence-corrected chi connectivity index (χ0v) is 8.99. The highest BCUT2D eigenvalue weighted by Gasteiger charge is 2.14. The van der Waals surface area contributed by atoms with Crippen molar-refractivity contribution in [2.45, 2.75) is 45.6 Å². The number of nitrogens with zero attached hydrogens (tertiary/aromatic N) is 2. The van der Waals surface area contributed by atoms with Crippen molar-refractivity contribution in [1.82, 2.24) is 9.78 Å². The van der Waals surface area contributed by atoms with Gasteiger partial charge < -0.3 is 4.74 Å². The van der Waals surface area contributed by atoms with E-state index in [1.807, 2.05) is 4.68 Å². The third-order valence-electron chi connectivity index (χ3n) is 2.89. The van der Waals surface area contributed by atoms with Gasteiger partial charge in [-0.1, -0.05) is 13.8 Å². The van der Waals surface area contributed by atoms with Gasteiger partial charge in [0.2, 0.25) is 5.88 Å². The quantitative estimate of drug-likeness (QED) is 0.723. The van der Waals surface area contributed by atoms with Gasteiger partial charge in [-0.15, -0.1) is 0 Å². The number of fused-ring (bicyclic) bond motifs is 1. The number of hydrogen-bond acceptors (Lipinski definition) is 2. The molecule has 3 heteroatoms. The van der Waals surface area contributed by atoms with E-state index in [0.717, 1.165) is 31.9 Å². The van der Waals surface area contributed by atoms with Crippen LogP contribution < -0.4 is 4.74 Å². The van der Waals surface area contributed by atoms with Crippen molar-refractivity contribution in [2.24, 2.45) is 0 Å². The van der Waals surface area contributed by atoms with Crippen LogP contribution in [0, 0.1) is 0 Å². The zero-order valence-electron chi connectivity index (χ0n) is 8.99. The molecule has 14 heavy (non-hydrogen) atoms. The average Bonchev–Trinajstić information content (AvgIpc) is 2.49. The van der Waals surface area contributed by atoms with Gasteiger partial charge in [-0.05, 0) is 19.3 Å². The molecule has 0 saturated heterocycles. The van der Waals surface area contributed by atoms with Crippen LogP contribution >= 0.6 is 0 Å². The molecule has 0 spiro atoms. The van der Waals surface area contributed by atoms with Gasteiger partial charge in [-0.3, -0.25) is 0 Å². The topological polar surface area (TPSA) is 27.1 Å². The standard InChI is InChI=1S/C11H18N2O/c1-3-9(2)10-8-11-13(12-10)6-4-5-7-14-11/h8-9H,3-7H2,1-2H3. The summed E-state index contributed by atoms with van der Waals surface area (Å²) in [6, 6.07) is 2.10. The summed E-state index contributed by atoms with van der Waals surface area (Å²) in [6.07, 6.45) is 3.45. The first-order valence-electron chi connectivity index (χ1n) is 5.51. The summed E-state index contributed by atoms with van der Waals surface area (Å²) in [5.41, 5.74) is 1.17. The van der Waals surface area contributed by atoms with E-state index in [9.17, 15) is 0 Å². The lowest BCUT2D eigenvalue weighted by molar-refractivity contribution is 0.303. The molecular formula is C11H18N2O. The molecule has 0 saturated carbocycles. The predicted molar refractivity (Wildman–Crippen MR) is 55.7 cm³/mol. The van der Waals surface area contributed by atoms with Crippen LogP contribution in [0.4, 0.5) is 0 Å². The molecule has 1 aromatic rings. The third-order valence-corrected chi connectivity index (χ3v) is 2.89. The molecule has 1 unspecified atom stereocenters. The molecule has 2 heterocycles. The van der Waals surface area contributed by atoms with E-state index in [-0.39, 0.29) is 0 Å². The van der Waals surface area contributed by atoms with Crippen molar-refractivity contribution >= 4 is 0 Å². The summed E-state index contributed by atoms with van der Waals surface area (Å²) in [5.74, 6) is 1.50. The Balaban J connectivity index is 2.22. The third kappa shape index (κ3) is 1.76. The van der Waals surface area contributed by atoms with Gasteiger partial charge in [0.25, 0.3) is 0 Å². The van der Waals surface area contributed by atoms with Gasteiger partial charge in [0.1, 0.15) is 0 Å². The molecule has 0 N–H and O–H groups in total. The maximum absolute atomic E-state index is 5.62. The molecule has 0 amide bonds. The summed E-state index contributed by atoms with van der Waals surface area (Å²) < 4.78 is 7.63. The van der Waals surface area contributed by atoms with Gasteiger partial charge in [-0.25, -0.2) is 4.68 Å². The molecule has 0 fully saturated rings. The van der Waals surface area contributed by atoms with E-state index in [4.69, 9.17) is 4.74 Å². The second-order valence-electron chi connectivity index (χ2n) is 4.00. The van der Waals surface area contributed by atoms with Crippen LogP contribution in [0.1, 0.15) is 44.7 Å². The predicted octanol–water partition coefficient (Wildman–Crippen LogP) is 2.57.